The van der Waals surface area contributed by atoms with E-state index in [2.05, 4.69) is 0 Å². The second-order valence-electron chi connectivity index (χ2n) is 7.19. The van der Waals surface area contributed by atoms with Crippen LogP contribution < -0.4 is 9.47 Å². The molecule has 6 nitrogen and oxygen atoms in total. The Bertz CT molecular complexity index is 1250. The SMILES string of the molecule is COc1cc2c(cc1OC)C(c1ccccc1)N(S(=O)(=O)c1ccccc1C#N)CC2. The molecule has 3 aromatic carbocycles. The molecular weight excluding hydrogens is 412 g/mol. The summed E-state index contributed by atoms with van der Waals surface area (Å²) in [5.74, 6) is 1.15. The van der Waals surface area contributed by atoms with Gasteiger partial charge in [0.1, 0.15) is 6.07 Å². The quantitative estimate of drug-likeness (QED) is 0.608. The molecule has 0 amide bonds. The van der Waals surface area contributed by atoms with E-state index in [9.17, 15) is 13.7 Å². The fraction of sp³-hybridized carbons (Fsp3) is 0.208. The van der Waals surface area contributed by atoms with E-state index in [1.54, 1.807) is 26.4 Å². The van der Waals surface area contributed by atoms with Gasteiger partial charge in [-0.15, -0.1) is 0 Å². The Hall–Kier alpha value is -3.34. The van der Waals surface area contributed by atoms with Crippen molar-refractivity contribution in [1.29, 1.82) is 5.26 Å². The minimum Gasteiger partial charge on any atom is -0.493 e. The van der Waals surface area contributed by atoms with Gasteiger partial charge in [-0.3, -0.25) is 0 Å². The molecule has 1 aliphatic rings. The largest absolute Gasteiger partial charge is 0.493 e. The lowest BCUT2D eigenvalue weighted by Crippen LogP contribution is -2.40. The van der Waals surface area contributed by atoms with Crippen molar-refractivity contribution in [3.05, 3.63) is 89.0 Å². The Balaban J connectivity index is 1.93. The zero-order valence-electron chi connectivity index (χ0n) is 17.3. The molecule has 1 unspecified atom stereocenters. The van der Waals surface area contributed by atoms with Crippen molar-refractivity contribution < 1.29 is 17.9 Å². The van der Waals surface area contributed by atoms with Crippen molar-refractivity contribution >= 4 is 10.0 Å². The van der Waals surface area contributed by atoms with Crippen molar-refractivity contribution in [3.63, 3.8) is 0 Å². The number of ether oxygens (including phenoxy) is 2. The molecular formula is C24H22N2O4S. The van der Waals surface area contributed by atoms with E-state index in [1.807, 2.05) is 48.5 Å². The van der Waals surface area contributed by atoms with Crippen LogP contribution in [0.3, 0.4) is 0 Å². The van der Waals surface area contributed by atoms with Gasteiger partial charge in [0.15, 0.2) is 11.5 Å². The zero-order valence-corrected chi connectivity index (χ0v) is 18.1. The van der Waals surface area contributed by atoms with Gasteiger partial charge in [-0.1, -0.05) is 42.5 Å². The summed E-state index contributed by atoms with van der Waals surface area (Å²) >= 11 is 0. The maximum Gasteiger partial charge on any atom is 0.245 e. The number of sulfonamides is 1. The Morgan fingerprint density at radius 2 is 1.61 bits per heavy atom. The summed E-state index contributed by atoms with van der Waals surface area (Å²) in [5, 5.41) is 9.48. The molecule has 4 rings (SSSR count). The van der Waals surface area contributed by atoms with Crippen LogP contribution in [0.2, 0.25) is 0 Å². The van der Waals surface area contributed by atoms with Gasteiger partial charge in [0.05, 0.1) is 30.7 Å². The highest BCUT2D eigenvalue weighted by atomic mass is 32.2. The number of benzene rings is 3. The second kappa shape index (κ2) is 8.42. The molecule has 1 heterocycles. The van der Waals surface area contributed by atoms with Gasteiger partial charge < -0.3 is 9.47 Å². The molecule has 3 aromatic rings. The lowest BCUT2D eigenvalue weighted by atomic mass is 9.89. The van der Waals surface area contributed by atoms with Crippen LogP contribution in [0.15, 0.2) is 71.6 Å². The highest BCUT2D eigenvalue weighted by Crippen LogP contribution is 2.43. The molecule has 0 radical (unpaired) electrons. The van der Waals surface area contributed by atoms with Gasteiger partial charge >= 0.3 is 0 Å². The van der Waals surface area contributed by atoms with E-state index in [-0.39, 0.29) is 17.0 Å². The number of hydrogen-bond acceptors (Lipinski definition) is 5. The molecule has 158 valence electrons. The number of nitriles is 1. The van der Waals surface area contributed by atoms with Crippen LogP contribution in [-0.2, 0) is 16.4 Å². The first-order valence-electron chi connectivity index (χ1n) is 9.82. The predicted octanol–water partition coefficient (Wildman–Crippen LogP) is 3.91. The van der Waals surface area contributed by atoms with Crippen molar-refractivity contribution in [3.8, 4) is 17.6 Å². The van der Waals surface area contributed by atoms with E-state index in [0.29, 0.717) is 17.9 Å². The molecule has 0 N–H and O–H groups in total. The number of methoxy groups -OCH3 is 2. The first-order chi connectivity index (χ1) is 15.0. The molecule has 0 saturated carbocycles. The first kappa shape index (κ1) is 20.9. The third-order valence-corrected chi connectivity index (χ3v) is 7.46. The van der Waals surface area contributed by atoms with Gasteiger partial charge in [0.25, 0.3) is 0 Å². The van der Waals surface area contributed by atoms with Crippen LogP contribution in [0.25, 0.3) is 0 Å². The van der Waals surface area contributed by atoms with Crippen LogP contribution in [-0.4, -0.2) is 33.5 Å². The summed E-state index contributed by atoms with van der Waals surface area (Å²) in [4.78, 5) is 0.0161. The molecule has 0 spiro atoms. The number of rotatable bonds is 5. The molecule has 0 fully saturated rings. The molecule has 0 aliphatic carbocycles. The van der Waals surface area contributed by atoms with E-state index >= 15 is 0 Å². The Morgan fingerprint density at radius 1 is 0.968 bits per heavy atom. The highest BCUT2D eigenvalue weighted by molar-refractivity contribution is 7.89. The Kier molecular flexibility index (Phi) is 5.68. The highest BCUT2D eigenvalue weighted by Gasteiger charge is 2.39. The normalized spacial score (nSPS) is 16.2. The van der Waals surface area contributed by atoms with E-state index in [0.717, 1.165) is 16.7 Å². The topological polar surface area (TPSA) is 79.6 Å². The number of hydrogen-bond donors (Lipinski definition) is 0. The average molecular weight is 435 g/mol. The van der Waals surface area contributed by atoms with Gasteiger partial charge in [-0.2, -0.15) is 9.57 Å². The second-order valence-corrected chi connectivity index (χ2v) is 9.05. The lowest BCUT2D eigenvalue weighted by Gasteiger charge is -2.37. The monoisotopic (exact) mass is 434 g/mol. The Labute approximate surface area is 182 Å². The van der Waals surface area contributed by atoms with Crippen LogP contribution in [0.5, 0.6) is 11.5 Å². The van der Waals surface area contributed by atoms with Crippen LogP contribution in [0.1, 0.15) is 28.3 Å². The summed E-state index contributed by atoms with van der Waals surface area (Å²) in [7, 11) is -0.803. The molecule has 1 atom stereocenters. The Morgan fingerprint density at radius 3 is 2.29 bits per heavy atom. The molecule has 7 heteroatoms. The van der Waals surface area contributed by atoms with Crippen molar-refractivity contribution in [2.24, 2.45) is 0 Å². The number of nitrogens with zero attached hydrogens (tertiary/aromatic N) is 2. The van der Waals surface area contributed by atoms with E-state index < -0.39 is 16.1 Å². The van der Waals surface area contributed by atoms with E-state index in [4.69, 9.17) is 9.47 Å². The van der Waals surface area contributed by atoms with Crippen molar-refractivity contribution in [1.82, 2.24) is 4.31 Å². The average Bonchev–Trinajstić information content (AvgIpc) is 2.82. The number of fused-ring (bicyclic) bond motifs is 1. The molecule has 0 aromatic heterocycles. The molecule has 0 bridgehead atoms. The molecule has 31 heavy (non-hydrogen) atoms. The van der Waals surface area contributed by atoms with Crippen molar-refractivity contribution in [2.45, 2.75) is 17.4 Å². The standard InChI is InChI=1S/C24H22N2O4S/c1-29-21-14-18-12-13-26(31(27,28)23-11-7-6-10-19(23)16-25)24(17-8-4-3-5-9-17)20(18)15-22(21)30-2/h3-11,14-15,24H,12-13H2,1-2H3. The maximum atomic E-state index is 13.8. The summed E-state index contributed by atoms with van der Waals surface area (Å²) in [6.07, 6.45) is 0.521. The predicted molar refractivity (Wildman–Crippen MR) is 117 cm³/mol. The van der Waals surface area contributed by atoms with Gasteiger partial charge in [0.2, 0.25) is 10.0 Å². The minimum atomic E-state index is -3.94. The maximum absolute atomic E-state index is 13.8. The summed E-state index contributed by atoms with van der Waals surface area (Å²) in [6, 6.07) is 21.0. The molecule has 1 aliphatic heterocycles. The fourth-order valence-corrected chi connectivity index (χ4v) is 5.81. The van der Waals surface area contributed by atoms with Gasteiger partial charge in [0, 0.05) is 6.54 Å². The zero-order chi connectivity index (χ0) is 22.0. The molecule has 0 saturated heterocycles. The third kappa shape index (κ3) is 3.65. The smallest absolute Gasteiger partial charge is 0.245 e. The van der Waals surface area contributed by atoms with Gasteiger partial charge in [-0.05, 0) is 47.4 Å². The lowest BCUT2D eigenvalue weighted by molar-refractivity contribution is 0.332. The third-order valence-electron chi connectivity index (χ3n) is 5.54. The fourth-order valence-electron chi connectivity index (χ4n) is 4.07. The first-order valence-corrected chi connectivity index (χ1v) is 11.3. The summed E-state index contributed by atoms with van der Waals surface area (Å²) in [6.45, 7) is 0.282. The van der Waals surface area contributed by atoms with Crippen molar-refractivity contribution in [2.75, 3.05) is 20.8 Å². The summed E-state index contributed by atoms with van der Waals surface area (Å²) < 4.78 is 39.9. The van der Waals surface area contributed by atoms with Gasteiger partial charge in [-0.25, -0.2) is 8.42 Å². The summed E-state index contributed by atoms with van der Waals surface area (Å²) in [5.41, 5.74) is 2.82. The van der Waals surface area contributed by atoms with Crippen LogP contribution in [0.4, 0.5) is 0 Å². The van der Waals surface area contributed by atoms with Crippen LogP contribution in [0, 0.1) is 11.3 Å². The minimum absolute atomic E-state index is 0.0161. The van der Waals surface area contributed by atoms with Crippen LogP contribution >= 0.6 is 0 Å². The van der Waals surface area contributed by atoms with E-state index in [1.165, 1.54) is 16.4 Å².